The van der Waals surface area contributed by atoms with E-state index in [1.54, 1.807) is 12.1 Å². The first kappa shape index (κ1) is 17.1. The number of amides is 2. The Hall–Kier alpha value is -1.31. The lowest BCUT2D eigenvalue weighted by atomic mass is 10.1. The minimum atomic E-state index is -3.22. The zero-order valence-corrected chi connectivity index (χ0v) is 14.2. The number of hydrogen-bond acceptors (Lipinski definition) is 3. The maximum atomic E-state index is 12.0. The predicted octanol–water partition coefficient (Wildman–Crippen LogP) is 2.19. The van der Waals surface area contributed by atoms with Gasteiger partial charge in [0.05, 0.1) is 17.0 Å². The van der Waals surface area contributed by atoms with Crippen LogP contribution >= 0.6 is 11.6 Å². The number of halogens is 1. The summed E-state index contributed by atoms with van der Waals surface area (Å²) in [7, 11) is -3.22. The number of sulfonamides is 1. The van der Waals surface area contributed by atoms with Gasteiger partial charge in [-0.3, -0.25) is 0 Å². The van der Waals surface area contributed by atoms with Crippen molar-refractivity contribution in [1.82, 2.24) is 9.62 Å². The number of aryl methyl sites for hydroxylation is 1. The summed E-state index contributed by atoms with van der Waals surface area (Å²) in [5, 5.41) is 5.95. The summed E-state index contributed by atoms with van der Waals surface area (Å²) in [6.07, 6.45) is 2.66. The first-order chi connectivity index (χ1) is 10.3. The number of urea groups is 1. The normalized spacial score (nSPS) is 19.7. The van der Waals surface area contributed by atoms with Crippen LogP contribution in [0.1, 0.15) is 18.4 Å². The number of carbonyl (C=O) groups excluding carboxylic acids is 1. The molecule has 1 atom stereocenters. The summed E-state index contributed by atoms with van der Waals surface area (Å²) >= 11 is 6.07. The Bertz CT molecular complexity index is 663. The molecule has 2 rings (SSSR count). The fourth-order valence-electron chi connectivity index (χ4n) is 2.43. The molecule has 22 heavy (non-hydrogen) atoms. The summed E-state index contributed by atoms with van der Waals surface area (Å²) < 4.78 is 24.5. The number of rotatable bonds is 3. The quantitative estimate of drug-likeness (QED) is 0.881. The number of hydrogen-bond donors (Lipinski definition) is 2. The highest BCUT2D eigenvalue weighted by atomic mass is 35.5. The van der Waals surface area contributed by atoms with Gasteiger partial charge in [0.25, 0.3) is 0 Å². The van der Waals surface area contributed by atoms with Gasteiger partial charge in [-0.25, -0.2) is 17.5 Å². The molecule has 1 fully saturated rings. The van der Waals surface area contributed by atoms with E-state index in [-0.39, 0.29) is 12.1 Å². The SMILES string of the molecule is Cc1ccc(NC(=O)NC2CCCN(S(C)(=O)=O)C2)c(Cl)c1. The van der Waals surface area contributed by atoms with Crippen molar-refractivity contribution in [3.8, 4) is 0 Å². The fraction of sp³-hybridized carbons (Fsp3) is 0.500. The van der Waals surface area contributed by atoms with Gasteiger partial charge in [-0.05, 0) is 37.5 Å². The molecule has 8 heteroatoms. The van der Waals surface area contributed by atoms with Crippen LogP contribution in [0.2, 0.25) is 5.02 Å². The summed E-state index contributed by atoms with van der Waals surface area (Å²) in [6.45, 7) is 2.72. The minimum absolute atomic E-state index is 0.201. The van der Waals surface area contributed by atoms with Crippen LogP contribution < -0.4 is 10.6 Å². The topological polar surface area (TPSA) is 78.5 Å². The number of piperidine rings is 1. The van der Waals surface area contributed by atoms with Crippen molar-refractivity contribution in [2.45, 2.75) is 25.8 Å². The number of carbonyl (C=O) groups is 1. The zero-order valence-electron chi connectivity index (χ0n) is 12.6. The van der Waals surface area contributed by atoms with Crippen molar-refractivity contribution in [2.75, 3.05) is 24.7 Å². The molecule has 0 aromatic heterocycles. The lowest BCUT2D eigenvalue weighted by Crippen LogP contribution is -2.50. The third-order valence-corrected chi connectivity index (χ3v) is 5.14. The lowest BCUT2D eigenvalue weighted by molar-refractivity contribution is 0.236. The van der Waals surface area contributed by atoms with Gasteiger partial charge in [-0.15, -0.1) is 0 Å². The number of benzene rings is 1. The lowest BCUT2D eigenvalue weighted by Gasteiger charge is -2.31. The van der Waals surface area contributed by atoms with Gasteiger partial charge < -0.3 is 10.6 Å². The second-order valence-electron chi connectivity index (χ2n) is 5.54. The maximum Gasteiger partial charge on any atom is 0.319 e. The van der Waals surface area contributed by atoms with Gasteiger partial charge in [0, 0.05) is 19.1 Å². The molecule has 6 nitrogen and oxygen atoms in total. The second-order valence-corrected chi connectivity index (χ2v) is 7.93. The standard InChI is InChI=1S/C14H20ClN3O3S/c1-10-5-6-13(12(15)8-10)17-14(19)16-11-4-3-7-18(9-11)22(2,20)21/h5-6,8,11H,3-4,7,9H2,1-2H3,(H2,16,17,19). The van der Waals surface area contributed by atoms with Crippen LogP contribution in [-0.2, 0) is 10.0 Å². The van der Waals surface area contributed by atoms with Crippen molar-refractivity contribution in [3.05, 3.63) is 28.8 Å². The van der Waals surface area contributed by atoms with Crippen molar-refractivity contribution in [1.29, 1.82) is 0 Å². The molecule has 122 valence electrons. The summed E-state index contributed by atoms with van der Waals surface area (Å²) in [5.41, 5.74) is 1.53. The maximum absolute atomic E-state index is 12.0. The number of anilines is 1. The molecule has 1 heterocycles. The average Bonchev–Trinajstić information content (AvgIpc) is 2.41. The van der Waals surface area contributed by atoms with Crippen LogP contribution in [-0.4, -0.2) is 44.1 Å². The molecule has 1 aromatic carbocycles. The van der Waals surface area contributed by atoms with Crippen molar-refractivity contribution in [3.63, 3.8) is 0 Å². The molecule has 2 amide bonds. The van der Waals surface area contributed by atoms with Crippen LogP contribution in [0.4, 0.5) is 10.5 Å². The average molecular weight is 346 g/mol. The van der Waals surface area contributed by atoms with E-state index in [2.05, 4.69) is 10.6 Å². The molecule has 0 bridgehead atoms. The minimum Gasteiger partial charge on any atom is -0.334 e. The van der Waals surface area contributed by atoms with E-state index in [4.69, 9.17) is 11.6 Å². The van der Waals surface area contributed by atoms with E-state index in [0.717, 1.165) is 18.4 Å². The number of nitrogens with one attached hydrogen (secondary N) is 2. The van der Waals surface area contributed by atoms with Crippen LogP contribution in [0.5, 0.6) is 0 Å². The van der Waals surface area contributed by atoms with Crippen molar-refractivity contribution < 1.29 is 13.2 Å². The first-order valence-electron chi connectivity index (χ1n) is 7.04. The highest BCUT2D eigenvalue weighted by Gasteiger charge is 2.26. The summed E-state index contributed by atoms with van der Waals surface area (Å²) in [4.78, 5) is 12.0. The predicted molar refractivity (Wildman–Crippen MR) is 87.8 cm³/mol. The highest BCUT2D eigenvalue weighted by Crippen LogP contribution is 2.22. The molecule has 0 saturated carbocycles. The molecule has 1 saturated heterocycles. The Morgan fingerprint density at radius 2 is 2.14 bits per heavy atom. The monoisotopic (exact) mass is 345 g/mol. The van der Waals surface area contributed by atoms with Gasteiger partial charge in [-0.2, -0.15) is 0 Å². The fourth-order valence-corrected chi connectivity index (χ4v) is 3.62. The summed E-state index contributed by atoms with van der Waals surface area (Å²) in [5.74, 6) is 0. The molecule has 2 N–H and O–H groups in total. The highest BCUT2D eigenvalue weighted by molar-refractivity contribution is 7.88. The summed E-state index contributed by atoms with van der Waals surface area (Å²) in [6, 6.07) is 4.77. The molecular weight excluding hydrogens is 326 g/mol. The smallest absolute Gasteiger partial charge is 0.319 e. The Kier molecular flexibility index (Phi) is 5.31. The third kappa shape index (κ3) is 4.59. The Labute approximate surface area is 135 Å². The molecule has 1 aliphatic rings. The third-order valence-electron chi connectivity index (χ3n) is 3.56. The molecule has 1 aromatic rings. The van der Waals surface area contributed by atoms with E-state index in [1.165, 1.54) is 10.6 Å². The van der Waals surface area contributed by atoms with Crippen molar-refractivity contribution in [2.24, 2.45) is 0 Å². The molecule has 0 radical (unpaired) electrons. The largest absolute Gasteiger partial charge is 0.334 e. The van der Waals surface area contributed by atoms with Gasteiger partial charge in [-0.1, -0.05) is 17.7 Å². The second kappa shape index (κ2) is 6.85. The van der Waals surface area contributed by atoms with E-state index >= 15 is 0 Å². The van der Waals surface area contributed by atoms with E-state index < -0.39 is 10.0 Å². The molecule has 1 unspecified atom stereocenters. The van der Waals surface area contributed by atoms with Crippen LogP contribution in [0.3, 0.4) is 0 Å². The van der Waals surface area contributed by atoms with E-state index in [9.17, 15) is 13.2 Å². The van der Waals surface area contributed by atoms with Gasteiger partial charge in [0.2, 0.25) is 10.0 Å². The zero-order chi connectivity index (χ0) is 16.3. The number of nitrogens with zero attached hydrogens (tertiary/aromatic N) is 1. The first-order valence-corrected chi connectivity index (χ1v) is 9.27. The molecule has 0 spiro atoms. The molecule has 0 aliphatic carbocycles. The van der Waals surface area contributed by atoms with Crippen molar-refractivity contribution >= 4 is 33.3 Å². The van der Waals surface area contributed by atoms with Crippen LogP contribution in [0.15, 0.2) is 18.2 Å². The van der Waals surface area contributed by atoms with Gasteiger partial charge in [0.15, 0.2) is 0 Å². The molecular formula is C14H20ClN3O3S. The van der Waals surface area contributed by atoms with E-state index in [0.29, 0.717) is 23.8 Å². The van der Waals surface area contributed by atoms with Gasteiger partial charge in [0.1, 0.15) is 0 Å². The van der Waals surface area contributed by atoms with E-state index in [1.807, 2.05) is 13.0 Å². The Morgan fingerprint density at radius 1 is 1.41 bits per heavy atom. The Morgan fingerprint density at radius 3 is 2.77 bits per heavy atom. The van der Waals surface area contributed by atoms with Gasteiger partial charge >= 0.3 is 6.03 Å². The molecule has 1 aliphatic heterocycles. The Balaban J connectivity index is 1.94. The van der Waals surface area contributed by atoms with Crippen LogP contribution in [0.25, 0.3) is 0 Å². The van der Waals surface area contributed by atoms with Crippen LogP contribution in [0, 0.1) is 6.92 Å².